The maximum absolute atomic E-state index is 11.8. The molecule has 124 valence electrons. The molecule has 2 aromatic rings. The number of sulfone groups is 1. The SMILES string of the molecule is COc1ccccc1CN1CCC(c2[nH]ncc2S(C)(=O)=O)C1. The van der Waals surface area contributed by atoms with Crippen LogP contribution in [-0.4, -0.2) is 50.0 Å². The van der Waals surface area contributed by atoms with Crippen LogP contribution in [0.1, 0.15) is 23.6 Å². The molecule has 1 aliphatic heterocycles. The summed E-state index contributed by atoms with van der Waals surface area (Å²) in [4.78, 5) is 2.64. The van der Waals surface area contributed by atoms with Crippen molar-refractivity contribution in [3.63, 3.8) is 0 Å². The first-order valence-corrected chi connectivity index (χ1v) is 9.45. The molecule has 1 unspecified atom stereocenters. The van der Waals surface area contributed by atoms with Crippen molar-refractivity contribution in [1.29, 1.82) is 0 Å². The van der Waals surface area contributed by atoms with Gasteiger partial charge >= 0.3 is 0 Å². The van der Waals surface area contributed by atoms with E-state index in [1.165, 1.54) is 12.5 Å². The molecule has 0 saturated carbocycles. The van der Waals surface area contributed by atoms with E-state index in [0.29, 0.717) is 4.90 Å². The lowest BCUT2D eigenvalue weighted by molar-refractivity contribution is 0.316. The minimum absolute atomic E-state index is 0.164. The third-order valence-corrected chi connectivity index (χ3v) is 5.42. The molecule has 1 saturated heterocycles. The number of aromatic amines is 1. The van der Waals surface area contributed by atoms with E-state index in [9.17, 15) is 8.42 Å². The summed E-state index contributed by atoms with van der Waals surface area (Å²) in [7, 11) is -1.57. The molecular weight excluding hydrogens is 314 g/mol. The third-order valence-electron chi connectivity index (χ3n) is 4.30. The highest BCUT2D eigenvalue weighted by Gasteiger charge is 2.29. The third kappa shape index (κ3) is 3.40. The molecule has 0 spiro atoms. The Bertz CT molecular complexity index is 785. The molecule has 1 aromatic heterocycles. The van der Waals surface area contributed by atoms with Crippen molar-refractivity contribution in [2.75, 3.05) is 26.5 Å². The van der Waals surface area contributed by atoms with Crippen molar-refractivity contribution in [3.8, 4) is 5.75 Å². The van der Waals surface area contributed by atoms with Crippen LogP contribution in [0, 0.1) is 0 Å². The van der Waals surface area contributed by atoms with Gasteiger partial charge in [0.05, 0.1) is 19.0 Å². The van der Waals surface area contributed by atoms with Gasteiger partial charge in [0.1, 0.15) is 10.6 Å². The van der Waals surface area contributed by atoms with E-state index in [-0.39, 0.29) is 5.92 Å². The van der Waals surface area contributed by atoms with Crippen molar-refractivity contribution < 1.29 is 13.2 Å². The second kappa shape index (κ2) is 6.33. The molecule has 1 fully saturated rings. The Hall–Kier alpha value is -1.86. The number of methoxy groups -OCH3 is 1. The van der Waals surface area contributed by atoms with Gasteiger partial charge in [-0.2, -0.15) is 5.10 Å². The van der Waals surface area contributed by atoms with Crippen LogP contribution in [0.4, 0.5) is 0 Å². The Morgan fingerprint density at radius 3 is 2.91 bits per heavy atom. The minimum atomic E-state index is -3.25. The molecule has 1 atom stereocenters. The van der Waals surface area contributed by atoms with E-state index in [0.717, 1.165) is 43.1 Å². The zero-order chi connectivity index (χ0) is 16.4. The number of hydrogen-bond donors (Lipinski definition) is 1. The molecular formula is C16H21N3O3S. The van der Waals surface area contributed by atoms with Crippen LogP contribution in [0.5, 0.6) is 5.75 Å². The zero-order valence-electron chi connectivity index (χ0n) is 13.3. The highest BCUT2D eigenvalue weighted by atomic mass is 32.2. The van der Waals surface area contributed by atoms with Crippen LogP contribution in [0.2, 0.25) is 0 Å². The van der Waals surface area contributed by atoms with Gasteiger partial charge < -0.3 is 4.74 Å². The lowest BCUT2D eigenvalue weighted by Crippen LogP contribution is -2.20. The molecule has 0 bridgehead atoms. The average molecular weight is 335 g/mol. The summed E-state index contributed by atoms with van der Waals surface area (Å²) >= 11 is 0. The van der Waals surface area contributed by atoms with Crippen molar-refractivity contribution in [1.82, 2.24) is 15.1 Å². The van der Waals surface area contributed by atoms with E-state index < -0.39 is 9.84 Å². The van der Waals surface area contributed by atoms with E-state index >= 15 is 0 Å². The number of nitrogens with zero attached hydrogens (tertiary/aromatic N) is 2. The molecule has 2 heterocycles. The Labute approximate surface area is 136 Å². The number of rotatable bonds is 5. The molecule has 23 heavy (non-hydrogen) atoms. The van der Waals surface area contributed by atoms with Crippen LogP contribution >= 0.6 is 0 Å². The fourth-order valence-electron chi connectivity index (χ4n) is 3.16. The van der Waals surface area contributed by atoms with Crippen LogP contribution in [-0.2, 0) is 16.4 Å². The maximum atomic E-state index is 11.8. The topological polar surface area (TPSA) is 75.3 Å². The van der Waals surface area contributed by atoms with Crippen LogP contribution in [0.3, 0.4) is 0 Å². The van der Waals surface area contributed by atoms with Gasteiger partial charge in [0.15, 0.2) is 9.84 Å². The summed E-state index contributed by atoms with van der Waals surface area (Å²) in [5, 5.41) is 6.81. The maximum Gasteiger partial charge on any atom is 0.178 e. The van der Waals surface area contributed by atoms with Gasteiger partial charge in [-0.3, -0.25) is 10.00 Å². The summed E-state index contributed by atoms with van der Waals surface area (Å²) in [5.41, 5.74) is 1.87. The lowest BCUT2D eigenvalue weighted by Gasteiger charge is -2.17. The predicted octanol–water partition coefficient (Wildman–Crippen LogP) is 1.81. The van der Waals surface area contributed by atoms with Crippen LogP contribution < -0.4 is 4.74 Å². The van der Waals surface area contributed by atoms with Gasteiger partial charge in [0.2, 0.25) is 0 Å². The molecule has 6 nitrogen and oxygen atoms in total. The van der Waals surface area contributed by atoms with Crippen molar-refractivity contribution in [2.45, 2.75) is 23.8 Å². The van der Waals surface area contributed by atoms with Gasteiger partial charge in [-0.05, 0) is 19.0 Å². The van der Waals surface area contributed by atoms with Gasteiger partial charge in [-0.15, -0.1) is 0 Å². The molecule has 1 N–H and O–H groups in total. The smallest absolute Gasteiger partial charge is 0.178 e. The van der Waals surface area contributed by atoms with Gasteiger partial charge in [-0.1, -0.05) is 18.2 Å². The number of hydrogen-bond acceptors (Lipinski definition) is 5. The Morgan fingerprint density at radius 1 is 1.39 bits per heavy atom. The number of ether oxygens (including phenoxy) is 1. The fourth-order valence-corrected chi connectivity index (χ4v) is 4.02. The molecule has 0 radical (unpaired) electrons. The summed E-state index contributed by atoms with van der Waals surface area (Å²) in [6.07, 6.45) is 3.55. The quantitative estimate of drug-likeness (QED) is 0.902. The number of aromatic nitrogens is 2. The zero-order valence-corrected chi connectivity index (χ0v) is 14.1. The first-order valence-electron chi connectivity index (χ1n) is 7.56. The number of para-hydroxylation sites is 1. The Morgan fingerprint density at radius 2 is 2.17 bits per heavy atom. The Kier molecular flexibility index (Phi) is 4.41. The minimum Gasteiger partial charge on any atom is -0.496 e. The lowest BCUT2D eigenvalue weighted by atomic mass is 10.1. The average Bonchev–Trinajstić information content (AvgIpc) is 3.15. The van der Waals surface area contributed by atoms with Crippen molar-refractivity contribution in [2.24, 2.45) is 0 Å². The first kappa shape index (κ1) is 16.0. The van der Waals surface area contributed by atoms with Crippen molar-refractivity contribution in [3.05, 3.63) is 41.7 Å². The second-order valence-corrected chi connectivity index (χ2v) is 7.94. The largest absolute Gasteiger partial charge is 0.496 e. The van der Waals surface area contributed by atoms with Crippen LogP contribution in [0.15, 0.2) is 35.4 Å². The molecule has 7 heteroatoms. The standard InChI is InChI=1S/C16H21N3O3S/c1-22-14-6-4-3-5-12(14)10-19-8-7-13(11-19)16-15(9-17-18-16)23(2,20)21/h3-6,9,13H,7-8,10-11H2,1-2H3,(H,17,18). The normalized spacial score (nSPS) is 19.1. The monoisotopic (exact) mass is 335 g/mol. The number of benzene rings is 1. The molecule has 1 aromatic carbocycles. The molecule has 1 aliphatic rings. The highest BCUT2D eigenvalue weighted by Crippen LogP contribution is 2.31. The van der Waals surface area contributed by atoms with E-state index in [1.807, 2.05) is 18.2 Å². The summed E-state index contributed by atoms with van der Waals surface area (Å²) < 4.78 is 29.1. The van der Waals surface area contributed by atoms with Gasteiger partial charge in [0, 0.05) is 30.8 Å². The summed E-state index contributed by atoms with van der Waals surface area (Å²) in [6, 6.07) is 7.98. The highest BCUT2D eigenvalue weighted by molar-refractivity contribution is 7.90. The molecule has 3 rings (SSSR count). The van der Waals surface area contributed by atoms with Gasteiger partial charge in [-0.25, -0.2) is 8.42 Å². The van der Waals surface area contributed by atoms with Crippen LogP contribution in [0.25, 0.3) is 0 Å². The van der Waals surface area contributed by atoms with Gasteiger partial charge in [0.25, 0.3) is 0 Å². The number of likely N-dealkylation sites (tertiary alicyclic amines) is 1. The van der Waals surface area contributed by atoms with Crippen molar-refractivity contribution >= 4 is 9.84 Å². The van der Waals surface area contributed by atoms with E-state index in [4.69, 9.17) is 4.74 Å². The summed E-state index contributed by atoms with van der Waals surface area (Å²) in [5.74, 6) is 1.05. The predicted molar refractivity (Wildman–Crippen MR) is 87.3 cm³/mol. The number of H-pyrrole nitrogens is 1. The fraction of sp³-hybridized carbons (Fsp3) is 0.438. The number of nitrogens with one attached hydrogen (secondary N) is 1. The summed E-state index contributed by atoms with van der Waals surface area (Å²) in [6.45, 7) is 2.52. The molecule has 0 amide bonds. The second-order valence-electron chi connectivity index (χ2n) is 5.95. The molecule has 0 aliphatic carbocycles. The Balaban J connectivity index is 1.73. The van der Waals surface area contributed by atoms with E-state index in [2.05, 4.69) is 21.2 Å². The first-order chi connectivity index (χ1) is 11.0. The van der Waals surface area contributed by atoms with E-state index in [1.54, 1.807) is 7.11 Å².